The smallest absolute Gasteiger partial charge is 0.407 e. The molecule has 0 fully saturated rings. The maximum Gasteiger partial charge on any atom is 0.407 e. The van der Waals surface area contributed by atoms with E-state index in [0.717, 1.165) is 27.9 Å². The van der Waals surface area contributed by atoms with Crippen LogP contribution in [0.2, 0.25) is 0 Å². The second-order valence-electron chi connectivity index (χ2n) is 8.45. The summed E-state index contributed by atoms with van der Waals surface area (Å²) in [6, 6.07) is 23.2. The average molecular weight is 488 g/mol. The van der Waals surface area contributed by atoms with Crippen LogP contribution in [0, 0.1) is 4.77 Å². The molecule has 1 heterocycles. The molecule has 1 aliphatic carbocycles. The predicted octanol–water partition coefficient (Wildman–Crippen LogP) is 4.47. The summed E-state index contributed by atoms with van der Waals surface area (Å²) in [5, 5.41) is 23.5. The lowest BCUT2D eigenvalue weighted by Crippen LogP contribution is -2.36. The molecule has 1 aromatic heterocycles. The molecule has 0 bridgehead atoms. The number of nitrogens with one attached hydrogen (secondary N) is 2. The van der Waals surface area contributed by atoms with Gasteiger partial charge in [-0.1, -0.05) is 60.7 Å². The van der Waals surface area contributed by atoms with E-state index in [9.17, 15) is 15.0 Å². The van der Waals surface area contributed by atoms with Crippen molar-refractivity contribution in [1.29, 1.82) is 0 Å². The highest BCUT2D eigenvalue weighted by Crippen LogP contribution is 2.44. The lowest BCUT2D eigenvalue weighted by Gasteiger charge is -2.19. The molecular formula is C27H25N3O4S. The number of imidazole rings is 1. The van der Waals surface area contributed by atoms with Crippen LogP contribution in [0.25, 0.3) is 16.8 Å². The number of rotatable bonds is 7. The summed E-state index contributed by atoms with van der Waals surface area (Å²) in [4.78, 5) is 15.3. The van der Waals surface area contributed by atoms with Crippen LogP contribution in [-0.2, 0) is 4.74 Å². The van der Waals surface area contributed by atoms with Crippen molar-refractivity contribution >= 4 is 18.3 Å². The Balaban J connectivity index is 1.16. The van der Waals surface area contributed by atoms with Crippen molar-refractivity contribution in [3.63, 3.8) is 0 Å². The highest BCUT2D eigenvalue weighted by Gasteiger charge is 2.29. The summed E-state index contributed by atoms with van der Waals surface area (Å²) in [6.45, 7) is 0.0318. The molecule has 4 N–H and O–H groups in total. The van der Waals surface area contributed by atoms with Crippen molar-refractivity contribution in [1.82, 2.24) is 14.9 Å². The van der Waals surface area contributed by atoms with Gasteiger partial charge in [0.1, 0.15) is 18.8 Å². The maximum atomic E-state index is 12.4. The third-order valence-electron chi connectivity index (χ3n) is 6.33. The molecule has 8 heteroatoms. The summed E-state index contributed by atoms with van der Waals surface area (Å²) in [7, 11) is 0. The number of aliphatic hydroxyl groups excluding tert-OH is 2. The van der Waals surface area contributed by atoms with Crippen molar-refractivity contribution in [3.8, 4) is 16.8 Å². The number of benzene rings is 3. The van der Waals surface area contributed by atoms with Crippen LogP contribution in [0.3, 0.4) is 0 Å². The first kappa shape index (κ1) is 23.0. The molecule has 0 radical (unpaired) electrons. The summed E-state index contributed by atoms with van der Waals surface area (Å²) < 4.78 is 7.84. The maximum absolute atomic E-state index is 12.4. The molecule has 5 rings (SSSR count). The topological polar surface area (TPSA) is 99.5 Å². The number of hydrogen-bond donors (Lipinski definition) is 4. The van der Waals surface area contributed by atoms with Crippen LogP contribution >= 0.6 is 12.2 Å². The normalized spacial score (nSPS) is 14.1. The molecule has 7 nitrogen and oxygen atoms in total. The number of fused-ring (bicyclic) bond motifs is 3. The van der Waals surface area contributed by atoms with E-state index >= 15 is 0 Å². The number of carbonyl (C=O) groups excluding carboxylic acids is 1. The van der Waals surface area contributed by atoms with E-state index in [0.29, 0.717) is 10.3 Å². The summed E-state index contributed by atoms with van der Waals surface area (Å²) in [5.41, 5.74) is 5.92. The van der Waals surface area contributed by atoms with Gasteiger partial charge < -0.3 is 25.3 Å². The quantitative estimate of drug-likeness (QED) is 0.288. The van der Waals surface area contributed by atoms with Crippen LogP contribution in [-0.4, -0.2) is 45.1 Å². The standard InChI is InChI=1S/C27H25N3O4S/c31-24(25(32)17-9-11-18(12-10-17)30-14-13-28-26(30)35)15-29-27(33)34-16-23-21-7-3-1-5-19(21)20-6-2-4-8-22(20)23/h1-14,23-25,31-32H,15-16H2,(H,28,35)(H,29,33). The van der Waals surface area contributed by atoms with Crippen LogP contribution in [0.1, 0.15) is 28.7 Å². The van der Waals surface area contributed by atoms with Crippen LogP contribution in [0.5, 0.6) is 0 Å². The van der Waals surface area contributed by atoms with E-state index in [1.54, 1.807) is 41.2 Å². The molecule has 0 saturated heterocycles. The van der Waals surface area contributed by atoms with Gasteiger partial charge in [-0.25, -0.2) is 4.79 Å². The van der Waals surface area contributed by atoms with Crippen molar-refractivity contribution < 1.29 is 19.7 Å². The van der Waals surface area contributed by atoms with E-state index in [4.69, 9.17) is 17.0 Å². The molecule has 2 unspecified atom stereocenters. The molecule has 0 saturated carbocycles. The first-order chi connectivity index (χ1) is 17.0. The largest absolute Gasteiger partial charge is 0.449 e. The Hall–Kier alpha value is -3.72. The Morgan fingerprint density at radius 1 is 1.00 bits per heavy atom. The molecule has 35 heavy (non-hydrogen) atoms. The van der Waals surface area contributed by atoms with E-state index in [2.05, 4.69) is 34.6 Å². The fourth-order valence-electron chi connectivity index (χ4n) is 4.53. The number of H-pyrrole nitrogens is 1. The number of ether oxygens (including phenoxy) is 1. The highest BCUT2D eigenvalue weighted by molar-refractivity contribution is 7.71. The van der Waals surface area contributed by atoms with Gasteiger partial charge >= 0.3 is 6.09 Å². The van der Waals surface area contributed by atoms with Crippen molar-refractivity contribution in [2.75, 3.05) is 13.2 Å². The van der Waals surface area contributed by atoms with Gasteiger partial charge in [0.2, 0.25) is 0 Å². The Labute approximate surface area is 207 Å². The minimum Gasteiger partial charge on any atom is -0.449 e. The second-order valence-corrected chi connectivity index (χ2v) is 8.83. The Bertz CT molecular complexity index is 1350. The highest BCUT2D eigenvalue weighted by atomic mass is 32.1. The molecule has 4 aromatic rings. The van der Waals surface area contributed by atoms with Gasteiger partial charge in [0, 0.05) is 30.5 Å². The second kappa shape index (κ2) is 9.87. The van der Waals surface area contributed by atoms with Crippen LogP contribution in [0.4, 0.5) is 4.79 Å². The zero-order valence-corrected chi connectivity index (χ0v) is 19.6. The fourth-order valence-corrected chi connectivity index (χ4v) is 4.76. The number of aliphatic hydroxyl groups is 2. The summed E-state index contributed by atoms with van der Waals surface area (Å²) in [6.07, 6.45) is 0.535. The minimum atomic E-state index is -1.20. The van der Waals surface area contributed by atoms with Gasteiger partial charge in [-0.3, -0.25) is 4.57 Å². The molecule has 0 aliphatic heterocycles. The first-order valence-electron chi connectivity index (χ1n) is 11.3. The zero-order chi connectivity index (χ0) is 24.4. The number of amides is 1. The molecule has 2 atom stereocenters. The van der Waals surface area contributed by atoms with E-state index in [1.165, 1.54) is 0 Å². The van der Waals surface area contributed by atoms with Crippen molar-refractivity contribution in [2.24, 2.45) is 0 Å². The lowest BCUT2D eigenvalue weighted by atomic mass is 9.98. The van der Waals surface area contributed by atoms with E-state index in [-0.39, 0.29) is 19.1 Å². The summed E-state index contributed by atoms with van der Waals surface area (Å²) in [5.74, 6) is -0.0456. The minimum absolute atomic E-state index is 0.0456. The number of aromatic amines is 1. The number of hydrogen-bond acceptors (Lipinski definition) is 5. The van der Waals surface area contributed by atoms with Gasteiger partial charge in [-0.15, -0.1) is 0 Å². The number of aromatic nitrogens is 2. The number of nitrogens with zero attached hydrogens (tertiary/aromatic N) is 1. The molecule has 1 aliphatic rings. The number of carbonyl (C=O) groups is 1. The van der Waals surface area contributed by atoms with Gasteiger partial charge in [-0.2, -0.15) is 0 Å². The van der Waals surface area contributed by atoms with Gasteiger partial charge in [-0.05, 0) is 52.2 Å². The fraction of sp³-hybridized carbons (Fsp3) is 0.185. The zero-order valence-electron chi connectivity index (χ0n) is 18.8. The van der Waals surface area contributed by atoms with E-state index in [1.807, 2.05) is 24.3 Å². The van der Waals surface area contributed by atoms with Gasteiger partial charge in [0.25, 0.3) is 0 Å². The Morgan fingerprint density at radius 3 is 2.23 bits per heavy atom. The third kappa shape index (κ3) is 4.64. The molecule has 3 aromatic carbocycles. The SMILES string of the molecule is O=C(NCC(O)C(O)c1ccc(-n2cc[nH]c2=S)cc1)OCC1c2ccccc2-c2ccccc21. The number of alkyl carbamates (subject to hydrolysis) is 1. The molecule has 0 spiro atoms. The third-order valence-corrected chi connectivity index (χ3v) is 6.64. The monoisotopic (exact) mass is 487 g/mol. The molecular weight excluding hydrogens is 462 g/mol. The lowest BCUT2D eigenvalue weighted by molar-refractivity contribution is 0.0185. The van der Waals surface area contributed by atoms with E-state index < -0.39 is 18.3 Å². The predicted molar refractivity (Wildman–Crippen MR) is 135 cm³/mol. The summed E-state index contributed by atoms with van der Waals surface area (Å²) >= 11 is 5.21. The van der Waals surface area contributed by atoms with Crippen molar-refractivity contribution in [3.05, 3.63) is 107 Å². The van der Waals surface area contributed by atoms with Crippen LogP contribution in [0.15, 0.2) is 85.2 Å². The van der Waals surface area contributed by atoms with Gasteiger partial charge in [0.15, 0.2) is 4.77 Å². The average Bonchev–Trinajstić information content (AvgIpc) is 3.46. The van der Waals surface area contributed by atoms with Crippen molar-refractivity contribution in [2.45, 2.75) is 18.1 Å². The van der Waals surface area contributed by atoms with Crippen LogP contribution < -0.4 is 5.32 Å². The molecule has 178 valence electrons. The Morgan fingerprint density at radius 2 is 1.63 bits per heavy atom. The molecule has 1 amide bonds. The van der Waals surface area contributed by atoms with Gasteiger partial charge in [0.05, 0.1) is 0 Å². The first-order valence-corrected chi connectivity index (χ1v) is 11.7. The Kier molecular flexibility index (Phi) is 6.50.